The first kappa shape index (κ1) is 13.8. The molecule has 2 rings (SSSR count). The fraction of sp³-hybridized carbons (Fsp3) is 0.214. The van der Waals surface area contributed by atoms with E-state index < -0.39 is 10.8 Å². The van der Waals surface area contributed by atoms with Crippen molar-refractivity contribution in [3.05, 3.63) is 63.6 Å². The van der Waals surface area contributed by atoms with Crippen molar-refractivity contribution in [2.24, 2.45) is 0 Å². The van der Waals surface area contributed by atoms with E-state index in [9.17, 15) is 14.9 Å². The number of hydrogen-bond donors (Lipinski definition) is 1. The normalized spacial score (nSPS) is 11.9. The van der Waals surface area contributed by atoms with E-state index >= 15 is 0 Å². The highest BCUT2D eigenvalue weighted by atomic mass is 16.6. The molecule has 2 aromatic rings. The van der Waals surface area contributed by atoms with Crippen LogP contribution in [0.4, 0.5) is 5.69 Å². The van der Waals surface area contributed by atoms with Gasteiger partial charge < -0.3 is 9.73 Å². The third-order valence-corrected chi connectivity index (χ3v) is 2.88. The summed E-state index contributed by atoms with van der Waals surface area (Å²) in [5.74, 6) is 0.847. The predicted octanol–water partition coefficient (Wildman–Crippen LogP) is 2.99. The Bertz CT molecular complexity index is 648. The van der Waals surface area contributed by atoms with Gasteiger partial charge in [-0.05, 0) is 32.0 Å². The summed E-state index contributed by atoms with van der Waals surface area (Å²) in [6.45, 7) is 3.56. The minimum Gasteiger partial charge on any atom is -0.464 e. The highest BCUT2D eigenvalue weighted by Gasteiger charge is 2.21. The van der Waals surface area contributed by atoms with Gasteiger partial charge in [0.25, 0.3) is 11.6 Å². The van der Waals surface area contributed by atoms with Crippen molar-refractivity contribution in [3.8, 4) is 0 Å². The van der Waals surface area contributed by atoms with E-state index in [2.05, 4.69) is 5.32 Å². The Kier molecular flexibility index (Phi) is 3.84. The minimum atomic E-state index is -0.573. The zero-order valence-corrected chi connectivity index (χ0v) is 11.1. The Morgan fingerprint density at radius 2 is 2.00 bits per heavy atom. The fourth-order valence-corrected chi connectivity index (χ4v) is 1.86. The van der Waals surface area contributed by atoms with Crippen LogP contribution in [0.25, 0.3) is 0 Å². The van der Waals surface area contributed by atoms with E-state index in [0.717, 1.165) is 5.76 Å². The van der Waals surface area contributed by atoms with E-state index in [1.807, 2.05) is 0 Å². The Morgan fingerprint density at radius 1 is 1.30 bits per heavy atom. The third-order valence-electron chi connectivity index (χ3n) is 2.88. The zero-order valence-electron chi connectivity index (χ0n) is 11.1. The van der Waals surface area contributed by atoms with Gasteiger partial charge in [0.05, 0.1) is 11.0 Å². The van der Waals surface area contributed by atoms with Gasteiger partial charge in [-0.25, -0.2) is 0 Å². The fourth-order valence-electron chi connectivity index (χ4n) is 1.86. The lowest BCUT2D eigenvalue weighted by atomic mass is 10.1. The average molecular weight is 274 g/mol. The van der Waals surface area contributed by atoms with Crippen molar-refractivity contribution >= 4 is 11.6 Å². The average Bonchev–Trinajstić information content (AvgIpc) is 2.85. The van der Waals surface area contributed by atoms with E-state index in [1.54, 1.807) is 32.0 Å². The van der Waals surface area contributed by atoms with Gasteiger partial charge in [0.15, 0.2) is 0 Å². The molecule has 0 spiro atoms. The van der Waals surface area contributed by atoms with E-state index in [4.69, 9.17) is 4.42 Å². The number of nitrogens with one attached hydrogen (secondary N) is 1. The summed E-state index contributed by atoms with van der Waals surface area (Å²) < 4.78 is 5.41. The van der Waals surface area contributed by atoms with Crippen LogP contribution in [0.1, 0.15) is 34.8 Å². The number of nitro groups is 1. The number of hydrogen-bond acceptors (Lipinski definition) is 4. The molecule has 1 atom stereocenters. The van der Waals surface area contributed by atoms with Gasteiger partial charge in [0.2, 0.25) is 0 Å². The van der Waals surface area contributed by atoms with Crippen LogP contribution in [0, 0.1) is 17.0 Å². The number of nitrogens with zero attached hydrogens (tertiary/aromatic N) is 1. The van der Waals surface area contributed by atoms with Gasteiger partial charge >= 0.3 is 0 Å². The number of para-hydroxylation sites is 1. The molecule has 1 N–H and O–H groups in total. The molecule has 0 saturated heterocycles. The number of carbonyl (C=O) groups excluding carboxylic acids is 1. The molecule has 1 amide bonds. The molecule has 20 heavy (non-hydrogen) atoms. The Hall–Kier alpha value is -2.63. The van der Waals surface area contributed by atoms with Crippen molar-refractivity contribution in [1.82, 2.24) is 5.32 Å². The number of amides is 1. The molecule has 0 radical (unpaired) electrons. The van der Waals surface area contributed by atoms with Gasteiger partial charge in [-0.2, -0.15) is 0 Å². The Balaban J connectivity index is 2.18. The van der Waals surface area contributed by atoms with E-state index in [0.29, 0.717) is 5.76 Å². The monoisotopic (exact) mass is 274 g/mol. The van der Waals surface area contributed by atoms with Crippen molar-refractivity contribution in [2.45, 2.75) is 19.9 Å². The van der Waals surface area contributed by atoms with Crippen LogP contribution < -0.4 is 5.32 Å². The summed E-state index contributed by atoms with van der Waals surface area (Å²) >= 11 is 0. The molecule has 6 nitrogen and oxygen atoms in total. The van der Waals surface area contributed by atoms with Crippen LogP contribution in [-0.2, 0) is 0 Å². The van der Waals surface area contributed by atoms with Crippen LogP contribution in [0.5, 0.6) is 0 Å². The lowest BCUT2D eigenvalue weighted by Crippen LogP contribution is -2.27. The maximum Gasteiger partial charge on any atom is 0.282 e. The summed E-state index contributed by atoms with van der Waals surface area (Å²) in [4.78, 5) is 22.4. The SMILES string of the molecule is Cc1ccc(C(C)NC(=O)c2ccccc2[N+](=O)[O-])o1. The lowest BCUT2D eigenvalue weighted by molar-refractivity contribution is -0.385. The van der Waals surface area contributed by atoms with Gasteiger partial charge in [-0.3, -0.25) is 14.9 Å². The molecule has 1 aromatic carbocycles. The van der Waals surface area contributed by atoms with Gasteiger partial charge in [0.1, 0.15) is 17.1 Å². The predicted molar refractivity (Wildman–Crippen MR) is 72.4 cm³/mol. The first-order valence-electron chi connectivity index (χ1n) is 6.09. The molecule has 0 fully saturated rings. The molecular formula is C14H14N2O4. The van der Waals surface area contributed by atoms with E-state index in [1.165, 1.54) is 18.2 Å². The molecule has 0 bridgehead atoms. The third kappa shape index (κ3) is 2.85. The molecule has 1 unspecified atom stereocenters. The molecular weight excluding hydrogens is 260 g/mol. The van der Waals surface area contributed by atoms with Crippen LogP contribution >= 0.6 is 0 Å². The number of furan rings is 1. The zero-order chi connectivity index (χ0) is 14.7. The first-order chi connectivity index (χ1) is 9.49. The number of aryl methyl sites for hydroxylation is 1. The standard InChI is InChI=1S/C14H14N2O4/c1-9-7-8-13(20-9)10(2)15-14(17)11-5-3-4-6-12(11)16(18)19/h3-8,10H,1-2H3,(H,15,17). The second-order valence-electron chi connectivity index (χ2n) is 4.42. The summed E-state index contributed by atoms with van der Waals surface area (Å²) in [6, 6.07) is 9.03. The number of rotatable bonds is 4. The molecule has 0 aliphatic heterocycles. The molecule has 0 saturated carbocycles. The topological polar surface area (TPSA) is 85.4 Å². The second kappa shape index (κ2) is 5.56. The van der Waals surface area contributed by atoms with Gasteiger partial charge in [-0.15, -0.1) is 0 Å². The second-order valence-corrected chi connectivity index (χ2v) is 4.42. The summed E-state index contributed by atoms with van der Waals surface area (Å²) in [5, 5.41) is 13.6. The molecule has 0 aliphatic rings. The van der Waals surface area contributed by atoms with Gasteiger partial charge in [0, 0.05) is 6.07 Å². The largest absolute Gasteiger partial charge is 0.464 e. The van der Waals surface area contributed by atoms with Crippen LogP contribution in [0.15, 0.2) is 40.8 Å². The number of benzene rings is 1. The van der Waals surface area contributed by atoms with Crippen molar-refractivity contribution in [3.63, 3.8) is 0 Å². The number of carbonyl (C=O) groups is 1. The van der Waals surface area contributed by atoms with Crippen LogP contribution in [-0.4, -0.2) is 10.8 Å². The molecule has 0 aliphatic carbocycles. The van der Waals surface area contributed by atoms with Crippen molar-refractivity contribution < 1.29 is 14.1 Å². The van der Waals surface area contributed by atoms with Crippen LogP contribution in [0.2, 0.25) is 0 Å². The summed E-state index contributed by atoms with van der Waals surface area (Å²) in [7, 11) is 0. The van der Waals surface area contributed by atoms with Crippen molar-refractivity contribution in [2.75, 3.05) is 0 Å². The van der Waals surface area contributed by atoms with Gasteiger partial charge in [-0.1, -0.05) is 12.1 Å². The molecule has 1 aromatic heterocycles. The highest BCUT2D eigenvalue weighted by Crippen LogP contribution is 2.20. The smallest absolute Gasteiger partial charge is 0.282 e. The quantitative estimate of drug-likeness (QED) is 0.686. The maximum absolute atomic E-state index is 12.1. The maximum atomic E-state index is 12.1. The van der Waals surface area contributed by atoms with Crippen molar-refractivity contribution in [1.29, 1.82) is 0 Å². The summed E-state index contributed by atoms with van der Waals surface area (Å²) in [6.07, 6.45) is 0. The van der Waals surface area contributed by atoms with E-state index in [-0.39, 0.29) is 17.3 Å². The molecule has 1 heterocycles. The Morgan fingerprint density at radius 3 is 2.60 bits per heavy atom. The lowest BCUT2D eigenvalue weighted by Gasteiger charge is -2.11. The molecule has 104 valence electrons. The number of nitro benzene ring substituents is 1. The van der Waals surface area contributed by atoms with Crippen LogP contribution in [0.3, 0.4) is 0 Å². The first-order valence-corrected chi connectivity index (χ1v) is 6.09. The minimum absolute atomic E-state index is 0.0348. The summed E-state index contributed by atoms with van der Waals surface area (Å²) in [5.41, 5.74) is -0.180. The highest BCUT2D eigenvalue weighted by molar-refractivity contribution is 5.98. The Labute approximate surface area is 115 Å². The molecule has 6 heteroatoms.